The summed E-state index contributed by atoms with van der Waals surface area (Å²) >= 11 is 1.55. The highest BCUT2D eigenvalue weighted by atomic mass is 32.2. The Morgan fingerprint density at radius 3 is 3.12 bits per heavy atom. The van der Waals surface area contributed by atoms with Gasteiger partial charge in [0.15, 0.2) is 0 Å². The molecule has 1 unspecified atom stereocenters. The average Bonchev–Trinajstić information content (AvgIpc) is 2.35. The van der Waals surface area contributed by atoms with Crippen molar-refractivity contribution in [2.24, 2.45) is 11.5 Å². The summed E-state index contributed by atoms with van der Waals surface area (Å²) in [7, 11) is 0. The van der Waals surface area contributed by atoms with E-state index in [-0.39, 0.29) is 11.9 Å². The van der Waals surface area contributed by atoms with Crippen molar-refractivity contribution in [3.63, 3.8) is 0 Å². The number of amides is 1. The van der Waals surface area contributed by atoms with Crippen molar-refractivity contribution >= 4 is 29.0 Å². The third kappa shape index (κ3) is 3.12. The first kappa shape index (κ1) is 12.2. The van der Waals surface area contributed by atoms with Crippen molar-refractivity contribution in [3.8, 4) is 0 Å². The van der Waals surface area contributed by atoms with Gasteiger partial charge in [-0.1, -0.05) is 0 Å². The van der Waals surface area contributed by atoms with Gasteiger partial charge in [0.1, 0.15) is 0 Å². The van der Waals surface area contributed by atoms with E-state index in [0.29, 0.717) is 18.8 Å². The highest BCUT2D eigenvalue weighted by Gasteiger charge is 2.15. The molecule has 1 aliphatic rings. The molecular weight excluding hydrogens is 236 g/mol. The van der Waals surface area contributed by atoms with Gasteiger partial charge >= 0.3 is 0 Å². The van der Waals surface area contributed by atoms with Crippen molar-refractivity contribution < 1.29 is 4.79 Å². The lowest BCUT2D eigenvalue weighted by Gasteiger charge is -2.18. The van der Waals surface area contributed by atoms with Crippen LogP contribution in [0.15, 0.2) is 23.1 Å². The number of rotatable bonds is 4. The van der Waals surface area contributed by atoms with E-state index in [4.69, 9.17) is 11.5 Å². The summed E-state index contributed by atoms with van der Waals surface area (Å²) in [5.41, 5.74) is 13.0. The van der Waals surface area contributed by atoms with Crippen LogP contribution in [0, 0.1) is 0 Å². The Labute approximate surface area is 104 Å². The van der Waals surface area contributed by atoms with Crippen LogP contribution in [0.3, 0.4) is 0 Å². The number of hydrogen-bond donors (Lipinski definition) is 4. The fourth-order valence-corrected chi connectivity index (χ4v) is 2.31. The minimum absolute atomic E-state index is 0.0401. The number of carbonyl (C=O) groups excluding carboxylic acids is 1. The van der Waals surface area contributed by atoms with Gasteiger partial charge in [0.2, 0.25) is 5.91 Å². The Balaban J connectivity index is 2.05. The highest BCUT2D eigenvalue weighted by molar-refractivity contribution is 8.00. The summed E-state index contributed by atoms with van der Waals surface area (Å²) in [6, 6.07) is 5.83. The molecule has 92 valence electrons. The van der Waals surface area contributed by atoms with Gasteiger partial charge < -0.3 is 22.1 Å². The van der Waals surface area contributed by atoms with Crippen molar-refractivity contribution in [1.82, 2.24) is 0 Å². The van der Waals surface area contributed by atoms with Crippen LogP contribution in [-0.4, -0.2) is 30.8 Å². The number of benzene rings is 1. The van der Waals surface area contributed by atoms with Crippen molar-refractivity contribution in [3.05, 3.63) is 18.2 Å². The van der Waals surface area contributed by atoms with Crippen molar-refractivity contribution in [1.29, 1.82) is 0 Å². The Hall–Kier alpha value is -1.24. The van der Waals surface area contributed by atoms with Gasteiger partial charge in [-0.25, -0.2) is 0 Å². The molecule has 0 radical (unpaired) electrons. The maximum absolute atomic E-state index is 11.3. The van der Waals surface area contributed by atoms with Gasteiger partial charge in [-0.15, -0.1) is 11.8 Å². The van der Waals surface area contributed by atoms with Crippen LogP contribution in [0.4, 0.5) is 11.4 Å². The predicted octanol–water partition coefficient (Wildman–Crippen LogP) is 0.429. The summed E-state index contributed by atoms with van der Waals surface area (Å²) in [6.07, 6.45) is 0. The Kier molecular flexibility index (Phi) is 3.88. The van der Waals surface area contributed by atoms with Crippen LogP contribution in [0.1, 0.15) is 0 Å². The number of nitrogens with two attached hydrogens (primary N) is 2. The standard InChI is InChI=1S/C11H16N4OS/c12-4-7(13)5-14-8-1-2-10-9(3-8)15-11(16)6-17-10/h1-3,7,14H,4-6,12-13H2,(H,15,16). The van der Waals surface area contributed by atoms with Crippen molar-refractivity contribution in [2.45, 2.75) is 10.9 Å². The highest BCUT2D eigenvalue weighted by Crippen LogP contribution is 2.33. The van der Waals surface area contributed by atoms with Crippen LogP contribution in [0.2, 0.25) is 0 Å². The minimum atomic E-state index is -0.0602. The quantitative estimate of drug-likeness (QED) is 0.623. The molecule has 1 aliphatic heterocycles. The molecule has 0 bridgehead atoms. The summed E-state index contributed by atoms with van der Waals surface area (Å²) in [6.45, 7) is 1.07. The van der Waals surface area contributed by atoms with E-state index in [0.717, 1.165) is 16.3 Å². The van der Waals surface area contributed by atoms with Crippen molar-refractivity contribution in [2.75, 3.05) is 29.5 Å². The molecule has 0 fully saturated rings. The largest absolute Gasteiger partial charge is 0.383 e. The first-order chi connectivity index (χ1) is 8.19. The van der Waals surface area contributed by atoms with E-state index >= 15 is 0 Å². The van der Waals surface area contributed by atoms with Crippen LogP contribution in [0.5, 0.6) is 0 Å². The molecule has 1 amide bonds. The molecule has 1 aromatic carbocycles. The average molecular weight is 252 g/mol. The molecule has 6 heteroatoms. The second kappa shape index (κ2) is 5.39. The maximum Gasteiger partial charge on any atom is 0.234 e. The summed E-state index contributed by atoms with van der Waals surface area (Å²) in [5.74, 6) is 0.524. The Morgan fingerprint density at radius 1 is 1.53 bits per heavy atom. The SMILES string of the molecule is NCC(N)CNc1ccc2c(c1)NC(=O)CS2. The summed E-state index contributed by atoms with van der Waals surface area (Å²) in [5, 5.41) is 6.04. The van der Waals surface area contributed by atoms with Crippen LogP contribution in [-0.2, 0) is 4.79 Å². The summed E-state index contributed by atoms with van der Waals surface area (Å²) in [4.78, 5) is 12.4. The molecule has 0 aliphatic carbocycles. The molecule has 1 aromatic rings. The number of hydrogen-bond acceptors (Lipinski definition) is 5. The minimum Gasteiger partial charge on any atom is -0.383 e. The molecule has 6 N–H and O–H groups in total. The lowest BCUT2D eigenvalue weighted by atomic mass is 10.2. The molecule has 17 heavy (non-hydrogen) atoms. The van der Waals surface area contributed by atoms with E-state index in [1.54, 1.807) is 11.8 Å². The monoisotopic (exact) mass is 252 g/mol. The second-order valence-electron chi connectivity index (χ2n) is 3.92. The molecule has 5 nitrogen and oxygen atoms in total. The molecule has 2 rings (SSSR count). The zero-order valence-corrected chi connectivity index (χ0v) is 10.2. The van der Waals surface area contributed by atoms with E-state index in [1.807, 2.05) is 18.2 Å². The fourth-order valence-electron chi connectivity index (χ4n) is 1.53. The maximum atomic E-state index is 11.3. The molecule has 0 saturated carbocycles. The normalized spacial score (nSPS) is 16.0. The Bertz CT molecular complexity index is 424. The number of thioether (sulfide) groups is 1. The zero-order valence-electron chi connectivity index (χ0n) is 9.40. The zero-order chi connectivity index (χ0) is 12.3. The van der Waals surface area contributed by atoms with Gasteiger partial charge in [0, 0.05) is 29.7 Å². The van der Waals surface area contributed by atoms with Crippen LogP contribution >= 0.6 is 11.8 Å². The third-order valence-corrected chi connectivity index (χ3v) is 3.56. The predicted molar refractivity (Wildman–Crippen MR) is 71.3 cm³/mol. The molecule has 0 spiro atoms. The first-order valence-electron chi connectivity index (χ1n) is 5.45. The smallest absolute Gasteiger partial charge is 0.234 e. The topological polar surface area (TPSA) is 93.2 Å². The lowest BCUT2D eigenvalue weighted by Crippen LogP contribution is -2.36. The van der Waals surface area contributed by atoms with Crippen LogP contribution < -0.4 is 22.1 Å². The number of anilines is 2. The third-order valence-electron chi connectivity index (χ3n) is 2.48. The summed E-state index contributed by atoms with van der Waals surface area (Å²) < 4.78 is 0. The Morgan fingerprint density at radius 2 is 2.35 bits per heavy atom. The molecular formula is C11H16N4OS. The number of carbonyl (C=O) groups is 1. The van der Waals surface area contributed by atoms with E-state index < -0.39 is 0 Å². The fraction of sp³-hybridized carbons (Fsp3) is 0.364. The number of fused-ring (bicyclic) bond motifs is 1. The van der Waals surface area contributed by atoms with Crippen LogP contribution in [0.25, 0.3) is 0 Å². The molecule has 1 heterocycles. The number of nitrogens with one attached hydrogen (secondary N) is 2. The van der Waals surface area contributed by atoms with E-state index in [9.17, 15) is 4.79 Å². The van der Waals surface area contributed by atoms with Gasteiger partial charge in [-0.2, -0.15) is 0 Å². The second-order valence-corrected chi connectivity index (χ2v) is 4.94. The lowest BCUT2D eigenvalue weighted by molar-refractivity contribution is -0.113. The first-order valence-corrected chi connectivity index (χ1v) is 6.44. The van der Waals surface area contributed by atoms with Gasteiger partial charge in [0.05, 0.1) is 11.4 Å². The van der Waals surface area contributed by atoms with Gasteiger partial charge in [-0.3, -0.25) is 4.79 Å². The molecule has 0 aromatic heterocycles. The van der Waals surface area contributed by atoms with E-state index in [2.05, 4.69) is 10.6 Å². The van der Waals surface area contributed by atoms with Gasteiger partial charge in [0.25, 0.3) is 0 Å². The molecule has 0 saturated heterocycles. The molecule has 1 atom stereocenters. The van der Waals surface area contributed by atoms with E-state index in [1.165, 1.54) is 0 Å². The van der Waals surface area contributed by atoms with Gasteiger partial charge in [-0.05, 0) is 18.2 Å².